The number of fused-ring (bicyclic) bond motifs is 2. The van der Waals surface area contributed by atoms with Gasteiger partial charge in [-0.2, -0.15) is 0 Å². The van der Waals surface area contributed by atoms with Crippen molar-refractivity contribution in [3.05, 3.63) is 33.0 Å². The van der Waals surface area contributed by atoms with Crippen LogP contribution in [0, 0.1) is 16.7 Å². The van der Waals surface area contributed by atoms with Crippen LogP contribution in [0.2, 0.25) is 0 Å². The van der Waals surface area contributed by atoms with E-state index in [4.69, 9.17) is 4.74 Å². The van der Waals surface area contributed by atoms with Crippen LogP contribution in [0.25, 0.3) is 0 Å². The van der Waals surface area contributed by atoms with Crippen LogP contribution in [0.1, 0.15) is 41.5 Å². The quantitative estimate of drug-likeness (QED) is 0.298. The van der Waals surface area contributed by atoms with Crippen LogP contribution in [0.5, 0.6) is 0 Å². The van der Waals surface area contributed by atoms with Gasteiger partial charge < -0.3 is 4.74 Å². The molecular formula is C18H23IO3. The summed E-state index contributed by atoms with van der Waals surface area (Å²) in [5.74, 6) is -0.613. The molecule has 1 heterocycles. The second-order valence-corrected chi connectivity index (χ2v) is 8.60. The van der Waals surface area contributed by atoms with E-state index >= 15 is 0 Å². The summed E-state index contributed by atoms with van der Waals surface area (Å²) in [5, 5.41) is 0. The van der Waals surface area contributed by atoms with Crippen molar-refractivity contribution in [1.82, 2.24) is 0 Å². The summed E-state index contributed by atoms with van der Waals surface area (Å²) >= 11 is 2.28. The van der Waals surface area contributed by atoms with E-state index in [1.165, 1.54) is 3.58 Å². The average molecular weight is 414 g/mol. The summed E-state index contributed by atoms with van der Waals surface area (Å²) in [4.78, 5) is 24.7. The van der Waals surface area contributed by atoms with Gasteiger partial charge >= 0.3 is 5.97 Å². The van der Waals surface area contributed by atoms with Crippen LogP contribution in [0.15, 0.2) is 33.0 Å². The highest BCUT2D eigenvalue weighted by molar-refractivity contribution is 14.1. The summed E-state index contributed by atoms with van der Waals surface area (Å²) in [6.07, 6.45) is 5.86. The van der Waals surface area contributed by atoms with Crippen LogP contribution in [0.4, 0.5) is 0 Å². The Morgan fingerprint density at radius 1 is 1.14 bits per heavy atom. The number of hydrogen-bond acceptors (Lipinski definition) is 3. The maximum atomic E-state index is 12.5. The molecule has 1 saturated heterocycles. The van der Waals surface area contributed by atoms with E-state index in [9.17, 15) is 9.59 Å². The number of halogens is 1. The van der Waals surface area contributed by atoms with E-state index in [2.05, 4.69) is 34.7 Å². The molecule has 2 fully saturated rings. The third kappa shape index (κ3) is 2.39. The maximum Gasteiger partial charge on any atom is 0.320 e. The minimum Gasteiger partial charge on any atom is -0.460 e. The molecule has 0 spiro atoms. The van der Waals surface area contributed by atoms with Crippen molar-refractivity contribution in [2.24, 2.45) is 16.7 Å². The first-order valence-corrected chi connectivity index (χ1v) is 8.59. The summed E-state index contributed by atoms with van der Waals surface area (Å²) in [5.41, 5.74) is 0.552. The van der Waals surface area contributed by atoms with Crippen molar-refractivity contribution in [3.63, 3.8) is 0 Å². The number of ether oxygens (including phenoxy) is 1. The lowest BCUT2D eigenvalue weighted by Crippen LogP contribution is -2.41. The van der Waals surface area contributed by atoms with Gasteiger partial charge in [0, 0.05) is 5.41 Å². The van der Waals surface area contributed by atoms with Gasteiger partial charge in [-0.1, -0.05) is 43.2 Å². The van der Waals surface area contributed by atoms with Crippen molar-refractivity contribution in [1.29, 1.82) is 0 Å². The third-order valence-electron chi connectivity index (χ3n) is 5.08. The summed E-state index contributed by atoms with van der Waals surface area (Å²) < 4.78 is 6.70. The first kappa shape index (κ1) is 17.4. The van der Waals surface area contributed by atoms with Crippen LogP contribution in [-0.2, 0) is 14.3 Å². The maximum absolute atomic E-state index is 12.5. The highest BCUT2D eigenvalue weighted by atomic mass is 127. The molecule has 1 saturated carbocycles. The Bertz CT molecular complexity index is 624. The first-order valence-electron chi connectivity index (χ1n) is 7.51. The number of hydrogen-bond donors (Lipinski definition) is 0. The molecule has 4 heteroatoms. The molecule has 0 radical (unpaired) electrons. The van der Waals surface area contributed by atoms with Gasteiger partial charge in [0.05, 0.1) is 5.92 Å². The predicted octanol–water partition coefficient (Wildman–Crippen LogP) is 4.37. The normalized spacial score (nSPS) is 39.5. The zero-order valence-electron chi connectivity index (χ0n) is 14.0. The predicted molar refractivity (Wildman–Crippen MR) is 95.6 cm³/mol. The Morgan fingerprint density at radius 3 is 2.23 bits per heavy atom. The second-order valence-electron chi connectivity index (χ2n) is 6.89. The standard InChI is InChI=1S/C18H23IO3/c1-10(8-12(3)19)7-11(2)9-17(5)15-13(4)14(20)18(17,6)16(21)22-15/h7-9,13,15H,1-6H3/b10-7+,11-9+,12-8-/t13-,15-,17+,18-/m0/s1. The number of carbonyl (C=O) groups excluding carboxylic acids is 2. The fourth-order valence-corrected chi connectivity index (χ4v) is 4.39. The zero-order chi connectivity index (χ0) is 16.9. The van der Waals surface area contributed by atoms with Crippen molar-refractivity contribution in [2.75, 3.05) is 0 Å². The molecule has 2 bridgehead atoms. The van der Waals surface area contributed by atoms with Gasteiger partial charge in [-0.25, -0.2) is 0 Å². The fourth-order valence-electron chi connectivity index (χ4n) is 3.90. The Kier molecular flexibility index (Phi) is 4.46. The van der Waals surface area contributed by atoms with E-state index in [0.717, 1.165) is 11.1 Å². The summed E-state index contributed by atoms with van der Waals surface area (Å²) in [7, 11) is 0. The minimum atomic E-state index is -1.06. The number of ketones is 1. The molecular weight excluding hydrogens is 391 g/mol. The first-order chi connectivity index (χ1) is 10.0. The third-order valence-corrected chi connectivity index (χ3v) is 5.39. The van der Waals surface area contributed by atoms with E-state index in [1.54, 1.807) is 6.92 Å². The average Bonchev–Trinajstić information content (AvgIpc) is 2.63. The minimum absolute atomic E-state index is 0.00371. The fraction of sp³-hybridized carbons (Fsp3) is 0.556. The molecule has 1 aliphatic heterocycles. The molecule has 0 amide bonds. The molecule has 3 nitrogen and oxygen atoms in total. The number of carbonyl (C=O) groups is 2. The Hall–Kier alpha value is -0.910. The molecule has 22 heavy (non-hydrogen) atoms. The van der Waals surface area contributed by atoms with Crippen molar-refractivity contribution < 1.29 is 14.3 Å². The van der Waals surface area contributed by atoms with Crippen LogP contribution >= 0.6 is 22.6 Å². The van der Waals surface area contributed by atoms with Crippen LogP contribution in [-0.4, -0.2) is 17.9 Å². The zero-order valence-corrected chi connectivity index (χ0v) is 16.1. The molecule has 0 aromatic heterocycles. The molecule has 4 atom stereocenters. The lowest BCUT2D eigenvalue weighted by molar-refractivity contribution is -0.161. The molecule has 0 unspecified atom stereocenters. The van der Waals surface area contributed by atoms with Gasteiger partial charge in [0.1, 0.15) is 11.5 Å². The van der Waals surface area contributed by atoms with Crippen LogP contribution < -0.4 is 0 Å². The largest absolute Gasteiger partial charge is 0.460 e. The van der Waals surface area contributed by atoms with Gasteiger partial charge in [-0.05, 0) is 53.9 Å². The van der Waals surface area contributed by atoms with Crippen molar-refractivity contribution in [2.45, 2.75) is 47.6 Å². The smallest absolute Gasteiger partial charge is 0.320 e. The molecule has 120 valence electrons. The van der Waals surface area contributed by atoms with Gasteiger partial charge in [0.2, 0.25) is 0 Å². The summed E-state index contributed by atoms with van der Waals surface area (Å²) in [6, 6.07) is 0. The molecule has 0 N–H and O–H groups in total. The lowest BCUT2D eigenvalue weighted by Gasteiger charge is -2.28. The SMILES string of the molecule is C/C(I)=C/C(C)=C/C(C)=C/[C@]1(C)[C@H]2OC(=O)[C@]1(C)C(=O)[C@@H]2C. The molecule has 0 aromatic rings. The van der Waals surface area contributed by atoms with Gasteiger partial charge in [-0.15, -0.1) is 0 Å². The van der Waals surface area contributed by atoms with E-state index in [0.29, 0.717) is 0 Å². The van der Waals surface area contributed by atoms with E-state index in [1.807, 2.05) is 40.7 Å². The highest BCUT2D eigenvalue weighted by Crippen LogP contribution is 2.61. The Labute approximate surface area is 146 Å². The highest BCUT2D eigenvalue weighted by Gasteiger charge is 2.73. The second kappa shape index (κ2) is 5.62. The molecule has 0 aromatic carbocycles. The van der Waals surface area contributed by atoms with Crippen LogP contribution in [0.3, 0.4) is 0 Å². The van der Waals surface area contributed by atoms with E-state index in [-0.39, 0.29) is 23.8 Å². The molecule has 1 aliphatic carbocycles. The van der Waals surface area contributed by atoms with Gasteiger partial charge in [-0.3, -0.25) is 9.59 Å². The number of allylic oxidation sites excluding steroid dienone is 5. The monoisotopic (exact) mass is 414 g/mol. The number of rotatable bonds is 3. The Morgan fingerprint density at radius 2 is 1.73 bits per heavy atom. The molecule has 2 rings (SSSR count). The lowest BCUT2D eigenvalue weighted by atomic mass is 9.68. The van der Waals surface area contributed by atoms with Crippen molar-refractivity contribution in [3.8, 4) is 0 Å². The number of Topliss-reactive ketones (excluding diaryl/α,β-unsaturated/α-hetero) is 1. The number of esters is 1. The molecule has 2 aliphatic rings. The van der Waals surface area contributed by atoms with Gasteiger partial charge in [0.25, 0.3) is 0 Å². The Balaban J connectivity index is 2.44. The summed E-state index contributed by atoms with van der Waals surface area (Å²) in [6.45, 7) is 11.7. The van der Waals surface area contributed by atoms with E-state index < -0.39 is 10.8 Å². The topological polar surface area (TPSA) is 43.4 Å². The van der Waals surface area contributed by atoms with Gasteiger partial charge in [0.15, 0.2) is 5.78 Å². The van der Waals surface area contributed by atoms with Crippen molar-refractivity contribution >= 4 is 34.3 Å².